The number of aromatic hydroxyl groups is 1. The first-order valence-corrected chi connectivity index (χ1v) is 13.9. The van der Waals surface area contributed by atoms with Crippen LogP contribution in [0.4, 0.5) is 0 Å². The van der Waals surface area contributed by atoms with Crippen molar-refractivity contribution in [3.05, 3.63) is 65.7 Å². The number of phenols is 1. The highest BCUT2D eigenvalue weighted by atomic mass is 32.2. The zero-order valence-electron chi connectivity index (χ0n) is 22.1. The van der Waals surface area contributed by atoms with E-state index in [1.54, 1.807) is 42.5 Å². The summed E-state index contributed by atoms with van der Waals surface area (Å²) < 4.78 is 0. The zero-order chi connectivity index (χ0) is 29.5. The number of carbonyl (C=O) groups excluding carboxylic acids is 4. The maximum absolute atomic E-state index is 12.9. The number of nitrogens with one attached hydrogen (secondary N) is 4. The van der Waals surface area contributed by atoms with Gasteiger partial charge in [0.05, 0.1) is 19.1 Å². The van der Waals surface area contributed by atoms with Crippen molar-refractivity contribution in [2.24, 2.45) is 5.73 Å². The van der Waals surface area contributed by atoms with Crippen LogP contribution in [0.25, 0.3) is 0 Å². The molecule has 40 heavy (non-hydrogen) atoms. The molecule has 0 aliphatic rings. The Labute approximate surface area is 236 Å². The Morgan fingerprint density at radius 3 is 2.05 bits per heavy atom. The lowest BCUT2D eigenvalue weighted by Gasteiger charge is -2.22. The maximum atomic E-state index is 12.9. The van der Waals surface area contributed by atoms with Crippen LogP contribution in [0.3, 0.4) is 0 Å². The lowest BCUT2D eigenvalue weighted by Crippen LogP contribution is -2.54. The van der Waals surface area contributed by atoms with Gasteiger partial charge in [-0.3, -0.25) is 19.2 Å². The fourth-order valence-corrected chi connectivity index (χ4v) is 4.06. The molecule has 0 heterocycles. The van der Waals surface area contributed by atoms with Crippen LogP contribution >= 0.6 is 11.8 Å². The van der Waals surface area contributed by atoms with Gasteiger partial charge in [0.25, 0.3) is 0 Å². The molecule has 2 aromatic rings. The Morgan fingerprint density at radius 2 is 1.43 bits per heavy atom. The fourth-order valence-electron chi connectivity index (χ4n) is 3.59. The molecule has 4 amide bonds. The molecule has 0 aliphatic carbocycles. The third kappa shape index (κ3) is 11.7. The summed E-state index contributed by atoms with van der Waals surface area (Å²) in [6.07, 6.45) is 2.34. The van der Waals surface area contributed by atoms with Gasteiger partial charge in [-0.05, 0) is 48.1 Å². The summed E-state index contributed by atoms with van der Waals surface area (Å²) in [5.41, 5.74) is 7.35. The number of carbonyl (C=O) groups is 5. The molecule has 0 aromatic heterocycles. The molecule has 0 saturated heterocycles. The number of nitrogens with two attached hydrogens (primary N) is 1. The van der Waals surface area contributed by atoms with Gasteiger partial charge in [0, 0.05) is 6.42 Å². The van der Waals surface area contributed by atoms with E-state index in [0.717, 1.165) is 11.1 Å². The molecule has 0 spiro atoms. The van der Waals surface area contributed by atoms with E-state index < -0.39 is 60.8 Å². The third-order valence-corrected chi connectivity index (χ3v) is 6.40. The van der Waals surface area contributed by atoms with E-state index in [2.05, 4.69) is 21.3 Å². The lowest BCUT2D eigenvalue weighted by atomic mass is 10.0. The quantitative estimate of drug-likeness (QED) is 0.139. The predicted molar refractivity (Wildman–Crippen MR) is 150 cm³/mol. The Bertz CT molecular complexity index is 1150. The SMILES string of the molecule is CSCC[C@H](NC(=O)C(Cc1ccccc1)NC(=O)CNC(=O)CNC(=O)[C@@H](N)Cc1ccc(O)cc1)C(=O)O. The molecule has 8 N–H and O–H groups in total. The zero-order valence-corrected chi connectivity index (χ0v) is 22.9. The Morgan fingerprint density at radius 1 is 0.800 bits per heavy atom. The van der Waals surface area contributed by atoms with Gasteiger partial charge in [-0.2, -0.15) is 11.8 Å². The van der Waals surface area contributed by atoms with Gasteiger partial charge in [-0.1, -0.05) is 42.5 Å². The number of hydrogen-bond donors (Lipinski definition) is 7. The van der Waals surface area contributed by atoms with Gasteiger partial charge in [-0.15, -0.1) is 0 Å². The molecule has 0 saturated carbocycles. The number of hydrogen-bond acceptors (Lipinski definition) is 8. The average molecular weight is 574 g/mol. The minimum atomic E-state index is -1.18. The molecule has 1 unspecified atom stereocenters. The molecule has 2 rings (SSSR count). The Kier molecular flexibility index (Phi) is 13.5. The molecule has 2 aromatic carbocycles. The summed E-state index contributed by atoms with van der Waals surface area (Å²) in [7, 11) is 0. The number of benzene rings is 2. The summed E-state index contributed by atoms with van der Waals surface area (Å²) >= 11 is 1.45. The van der Waals surface area contributed by atoms with Crippen LogP contribution in [0.15, 0.2) is 54.6 Å². The van der Waals surface area contributed by atoms with E-state index in [9.17, 15) is 34.2 Å². The van der Waals surface area contributed by atoms with E-state index >= 15 is 0 Å². The van der Waals surface area contributed by atoms with Crippen molar-refractivity contribution < 1.29 is 34.2 Å². The number of phenolic OH excluding ortho intramolecular Hbond substituents is 1. The van der Waals surface area contributed by atoms with Crippen LogP contribution in [0.1, 0.15) is 17.5 Å². The van der Waals surface area contributed by atoms with Crippen LogP contribution < -0.4 is 27.0 Å². The van der Waals surface area contributed by atoms with Crippen molar-refractivity contribution in [2.75, 3.05) is 25.1 Å². The largest absolute Gasteiger partial charge is 0.508 e. The van der Waals surface area contributed by atoms with Crippen LogP contribution in [0.5, 0.6) is 5.75 Å². The molecule has 0 fully saturated rings. The molecular formula is C27H35N5O7S. The van der Waals surface area contributed by atoms with Gasteiger partial charge in [0.1, 0.15) is 17.8 Å². The summed E-state index contributed by atoms with van der Waals surface area (Å²) in [6, 6.07) is 12.0. The number of carboxylic acids is 1. The minimum Gasteiger partial charge on any atom is -0.508 e. The molecule has 12 nitrogen and oxygen atoms in total. The predicted octanol–water partition coefficient (Wildman–Crippen LogP) is -0.456. The Balaban J connectivity index is 1.88. The van der Waals surface area contributed by atoms with Crippen molar-refractivity contribution in [1.82, 2.24) is 21.3 Å². The minimum absolute atomic E-state index is 0.0881. The first kappa shape index (κ1) is 32.1. The molecule has 3 atom stereocenters. The van der Waals surface area contributed by atoms with Gasteiger partial charge in [-0.25, -0.2) is 4.79 Å². The highest BCUT2D eigenvalue weighted by Crippen LogP contribution is 2.11. The summed E-state index contributed by atoms with van der Waals surface area (Å²) in [4.78, 5) is 61.5. The molecular weight excluding hydrogens is 538 g/mol. The second-order valence-electron chi connectivity index (χ2n) is 8.96. The first-order chi connectivity index (χ1) is 19.1. The first-order valence-electron chi connectivity index (χ1n) is 12.5. The number of thioether (sulfide) groups is 1. The van der Waals surface area contributed by atoms with Gasteiger partial charge < -0.3 is 37.2 Å². The average Bonchev–Trinajstić information content (AvgIpc) is 2.93. The highest BCUT2D eigenvalue weighted by Gasteiger charge is 2.27. The number of rotatable bonds is 16. The monoisotopic (exact) mass is 573 g/mol. The molecule has 13 heteroatoms. The molecule has 216 valence electrons. The number of carboxylic acid groups (broad SMARTS) is 1. The van der Waals surface area contributed by atoms with Crippen molar-refractivity contribution in [2.45, 2.75) is 37.4 Å². The summed E-state index contributed by atoms with van der Waals surface area (Å²) in [5, 5.41) is 28.6. The van der Waals surface area contributed by atoms with E-state index in [1.807, 2.05) is 6.26 Å². The van der Waals surface area contributed by atoms with Gasteiger partial charge >= 0.3 is 5.97 Å². The van der Waals surface area contributed by atoms with Crippen LogP contribution in [0.2, 0.25) is 0 Å². The van der Waals surface area contributed by atoms with Crippen LogP contribution in [-0.4, -0.2) is 83.0 Å². The van der Waals surface area contributed by atoms with Crippen LogP contribution in [-0.2, 0) is 36.8 Å². The second kappa shape index (κ2) is 16.8. The van der Waals surface area contributed by atoms with Gasteiger partial charge in [0.15, 0.2) is 0 Å². The van der Waals surface area contributed by atoms with Gasteiger partial charge in [0.2, 0.25) is 23.6 Å². The van der Waals surface area contributed by atoms with E-state index in [1.165, 1.54) is 23.9 Å². The van der Waals surface area contributed by atoms with Crippen molar-refractivity contribution in [3.63, 3.8) is 0 Å². The second-order valence-corrected chi connectivity index (χ2v) is 9.95. The third-order valence-electron chi connectivity index (χ3n) is 5.76. The van der Waals surface area contributed by atoms with E-state index in [-0.39, 0.29) is 25.0 Å². The van der Waals surface area contributed by atoms with E-state index in [4.69, 9.17) is 5.73 Å². The molecule has 0 bridgehead atoms. The van der Waals surface area contributed by atoms with Crippen molar-refractivity contribution >= 4 is 41.4 Å². The van der Waals surface area contributed by atoms with E-state index in [0.29, 0.717) is 5.75 Å². The summed E-state index contributed by atoms with van der Waals surface area (Å²) in [6.45, 7) is -0.888. The number of aliphatic carboxylic acids is 1. The Hall–Kier alpha value is -4.10. The topological polar surface area (TPSA) is 200 Å². The molecule has 0 aliphatic heterocycles. The lowest BCUT2D eigenvalue weighted by molar-refractivity contribution is -0.142. The normalized spacial score (nSPS) is 12.8. The maximum Gasteiger partial charge on any atom is 0.326 e. The molecule has 0 radical (unpaired) electrons. The standard InChI is InChI=1S/C27H35N5O7S/c1-40-12-11-21(27(38)39)32-26(37)22(14-17-5-3-2-4-6-17)31-24(35)16-29-23(34)15-30-25(36)20(28)13-18-7-9-19(33)10-8-18/h2-10,20-22,33H,11-16,28H2,1H3,(H,29,34)(H,30,36)(H,31,35)(H,32,37)(H,38,39)/t20-,21-,22?/m0/s1. The fraction of sp³-hybridized carbons (Fsp3) is 0.370. The highest BCUT2D eigenvalue weighted by molar-refractivity contribution is 7.98. The number of amides is 4. The van der Waals surface area contributed by atoms with Crippen molar-refractivity contribution in [3.8, 4) is 5.75 Å². The smallest absolute Gasteiger partial charge is 0.326 e. The van der Waals surface area contributed by atoms with Crippen molar-refractivity contribution in [1.29, 1.82) is 0 Å². The summed E-state index contributed by atoms with van der Waals surface area (Å²) in [5.74, 6) is -3.11. The van der Waals surface area contributed by atoms with Crippen LogP contribution in [0, 0.1) is 0 Å².